The number of carbonyl (C=O) groups is 2. The Balaban J connectivity index is 2.12. The van der Waals surface area contributed by atoms with Crippen LogP contribution in [0.4, 0.5) is 5.69 Å². The van der Waals surface area contributed by atoms with Crippen LogP contribution in [-0.2, 0) is 26.2 Å². The lowest BCUT2D eigenvalue weighted by molar-refractivity contribution is -0.139. The topological polar surface area (TPSA) is 105 Å². The van der Waals surface area contributed by atoms with Crippen LogP contribution in [0, 0.1) is 12.8 Å². The van der Waals surface area contributed by atoms with Crippen molar-refractivity contribution < 1.29 is 27.5 Å². The van der Waals surface area contributed by atoms with E-state index in [9.17, 15) is 18.0 Å². The van der Waals surface area contributed by atoms with Crippen molar-refractivity contribution in [1.82, 2.24) is 10.2 Å². The number of nitrogens with zero attached hydrogens (tertiary/aromatic N) is 2. The molecule has 3 aromatic carbocycles. The fraction of sp³-hybridized carbons (Fsp3) is 0.355. The first-order valence-corrected chi connectivity index (χ1v) is 15.3. The van der Waals surface area contributed by atoms with Crippen molar-refractivity contribution in [3.63, 3.8) is 0 Å². The highest BCUT2D eigenvalue weighted by molar-refractivity contribution is 7.92. The number of amides is 2. The Hall–Kier alpha value is -3.76. The number of hydrogen-bond donors (Lipinski definition) is 1. The second kappa shape index (κ2) is 14.4. The van der Waals surface area contributed by atoms with E-state index in [1.807, 2.05) is 20.8 Å². The fourth-order valence-corrected chi connectivity index (χ4v) is 5.80. The minimum atomic E-state index is -4.28. The molecule has 0 aliphatic rings. The molecule has 226 valence electrons. The van der Waals surface area contributed by atoms with Crippen molar-refractivity contribution in [2.45, 2.75) is 45.2 Å². The molecule has 0 radical (unpaired) electrons. The average Bonchev–Trinajstić information content (AvgIpc) is 2.97. The number of aryl methyl sites for hydroxylation is 1. The van der Waals surface area contributed by atoms with Gasteiger partial charge in [-0.3, -0.25) is 13.9 Å². The smallest absolute Gasteiger partial charge is 0.264 e. The van der Waals surface area contributed by atoms with E-state index in [0.717, 1.165) is 9.87 Å². The summed E-state index contributed by atoms with van der Waals surface area (Å²) in [7, 11) is -1.41. The maximum absolute atomic E-state index is 14.1. The molecule has 3 aromatic rings. The van der Waals surface area contributed by atoms with Crippen molar-refractivity contribution in [2.24, 2.45) is 5.92 Å². The predicted molar refractivity (Wildman–Crippen MR) is 165 cm³/mol. The number of sulfonamides is 1. The molecule has 9 nitrogen and oxygen atoms in total. The minimum Gasteiger partial charge on any atom is -0.497 e. The lowest BCUT2D eigenvalue weighted by Gasteiger charge is -2.32. The van der Waals surface area contributed by atoms with E-state index in [1.54, 1.807) is 55.5 Å². The van der Waals surface area contributed by atoms with Crippen LogP contribution in [0.1, 0.15) is 31.9 Å². The zero-order valence-electron chi connectivity index (χ0n) is 24.8. The van der Waals surface area contributed by atoms with E-state index in [2.05, 4.69) is 5.32 Å². The number of anilines is 1. The Morgan fingerprint density at radius 3 is 2.21 bits per heavy atom. The van der Waals surface area contributed by atoms with E-state index in [1.165, 1.54) is 37.3 Å². The molecule has 0 bridgehead atoms. The predicted octanol–water partition coefficient (Wildman–Crippen LogP) is 5.05. The van der Waals surface area contributed by atoms with Gasteiger partial charge in [-0.1, -0.05) is 61.3 Å². The maximum atomic E-state index is 14.1. The molecular formula is C31H38ClN3O6S. The molecule has 11 heteroatoms. The van der Waals surface area contributed by atoms with E-state index in [0.29, 0.717) is 22.9 Å². The van der Waals surface area contributed by atoms with E-state index in [4.69, 9.17) is 21.1 Å². The molecule has 3 rings (SSSR count). The van der Waals surface area contributed by atoms with Crippen LogP contribution in [-0.4, -0.2) is 58.5 Å². The minimum absolute atomic E-state index is 0.00819. The highest BCUT2D eigenvalue weighted by Crippen LogP contribution is 2.36. The van der Waals surface area contributed by atoms with Crippen LogP contribution in [0.3, 0.4) is 0 Å². The Morgan fingerprint density at radius 2 is 1.62 bits per heavy atom. The van der Waals surface area contributed by atoms with Gasteiger partial charge in [0.05, 0.1) is 24.8 Å². The number of halogens is 1. The van der Waals surface area contributed by atoms with Crippen LogP contribution in [0.2, 0.25) is 5.02 Å². The Morgan fingerprint density at radius 1 is 0.952 bits per heavy atom. The molecule has 0 saturated heterocycles. The van der Waals surface area contributed by atoms with E-state index < -0.39 is 28.5 Å². The van der Waals surface area contributed by atoms with E-state index >= 15 is 0 Å². The number of nitrogens with one attached hydrogen (secondary N) is 1. The summed E-state index contributed by atoms with van der Waals surface area (Å²) in [6, 6.07) is 17.1. The number of rotatable bonds is 13. The summed E-state index contributed by atoms with van der Waals surface area (Å²) in [5.41, 5.74) is 1.60. The quantitative estimate of drug-likeness (QED) is 0.289. The van der Waals surface area contributed by atoms with Gasteiger partial charge in [-0.05, 0) is 55.7 Å². The number of benzene rings is 3. The standard InChI is InChI=1S/C31H38ClN3O6S/c1-21(2)18-33-31(37)23(4)34(19-24-9-7-8-10-27(24)32)30(36)20-35(28-17-25(40-5)13-16-29(28)41-6)42(38,39)26-14-11-22(3)12-15-26/h7-17,21,23H,18-20H2,1-6H3,(H,33,37)/t23-/m0/s1. The second-order valence-electron chi connectivity index (χ2n) is 10.3. The molecule has 0 aliphatic carbocycles. The third-order valence-electron chi connectivity index (χ3n) is 6.69. The number of methoxy groups -OCH3 is 2. The van der Waals surface area contributed by atoms with Gasteiger partial charge in [-0.15, -0.1) is 0 Å². The maximum Gasteiger partial charge on any atom is 0.264 e. The summed E-state index contributed by atoms with van der Waals surface area (Å²) in [5.74, 6) is -0.181. The molecule has 1 N–H and O–H groups in total. The fourth-order valence-electron chi connectivity index (χ4n) is 4.19. The molecule has 2 amide bonds. The first kappa shape index (κ1) is 32.8. The van der Waals surface area contributed by atoms with Gasteiger partial charge in [-0.2, -0.15) is 0 Å². The van der Waals surface area contributed by atoms with Crippen molar-refractivity contribution in [3.05, 3.63) is 82.9 Å². The molecule has 1 atom stereocenters. The van der Waals surface area contributed by atoms with Gasteiger partial charge >= 0.3 is 0 Å². The van der Waals surface area contributed by atoms with Gasteiger partial charge in [0.2, 0.25) is 11.8 Å². The molecule has 0 unspecified atom stereocenters. The van der Waals surface area contributed by atoms with Crippen molar-refractivity contribution in [2.75, 3.05) is 31.6 Å². The summed E-state index contributed by atoms with van der Waals surface area (Å²) in [4.78, 5) is 28.6. The van der Waals surface area contributed by atoms with Gasteiger partial charge in [0.25, 0.3) is 10.0 Å². The number of ether oxygens (including phenoxy) is 2. The highest BCUT2D eigenvalue weighted by Gasteiger charge is 2.34. The van der Waals surface area contributed by atoms with Gasteiger partial charge < -0.3 is 19.7 Å². The Kier molecular flexibility index (Phi) is 11.2. The van der Waals surface area contributed by atoms with Crippen LogP contribution in [0.5, 0.6) is 11.5 Å². The van der Waals surface area contributed by atoms with Crippen LogP contribution in [0.15, 0.2) is 71.6 Å². The van der Waals surface area contributed by atoms with Crippen LogP contribution >= 0.6 is 11.6 Å². The van der Waals surface area contributed by atoms with Gasteiger partial charge in [0, 0.05) is 24.2 Å². The molecule has 0 aliphatic heterocycles. The Labute approximate surface area is 253 Å². The summed E-state index contributed by atoms with van der Waals surface area (Å²) in [6.07, 6.45) is 0. The third-order valence-corrected chi connectivity index (χ3v) is 8.84. The SMILES string of the molecule is COc1ccc(OC)c(N(CC(=O)N(Cc2ccccc2Cl)[C@@H](C)C(=O)NCC(C)C)S(=O)(=O)c2ccc(C)cc2)c1. The second-order valence-corrected chi connectivity index (χ2v) is 12.6. The van der Waals surface area contributed by atoms with Gasteiger partial charge in [0.15, 0.2) is 0 Å². The summed E-state index contributed by atoms with van der Waals surface area (Å²) in [5, 5.41) is 3.28. The molecular weight excluding hydrogens is 578 g/mol. The summed E-state index contributed by atoms with van der Waals surface area (Å²) >= 11 is 6.42. The monoisotopic (exact) mass is 615 g/mol. The van der Waals surface area contributed by atoms with E-state index in [-0.39, 0.29) is 34.7 Å². The van der Waals surface area contributed by atoms with Gasteiger partial charge in [0.1, 0.15) is 24.1 Å². The molecule has 0 heterocycles. The molecule has 0 saturated carbocycles. The normalized spacial score (nSPS) is 12.0. The average molecular weight is 616 g/mol. The lowest BCUT2D eigenvalue weighted by Crippen LogP contribution is -2.51. The van der Waals surface area contributed by atoms with Gasteiger partial charge in [-0.25, -0.2) is 8.42 Å². The number of hydrogen-bond acceptors (Lipinski definition) is 6. The van der Waals surface area contributed by atoms with Crippen LogP contribution in [0.25, 0.3) is 0 Å². The first-order chi connectivity index (χ1) is 19.9. The van der Waals surface area contributed by atoms with Crippen molar-refractivity contribution in [1.29, 1.82) is 0 Å². The molecule has 0 fully saturated rings. The lowest BCUT2D eigenvalue weighted by atomic mass is 10.1. The van der Waals surface area contributed by atoms with Crippen molar-refractivity contribution in [3.8, 4) is 11.5 Å². The number of carbonyl (C=O) groups excluding carboxylic acids is 2. The zero-order chi connectivity index (χ0) is 31.0. The molecule has 42 heavy (non-hydrogen) atoms. The van der Waals surface area contributed by atoms with Crippen molar-refractivity contribution >= 4 is 39.1 Å². The first-order valence-electron chi connectivity index (χ1n) is 13.5. The highest BCUT2D eigenvalue weighted by atomic mass is 35.5. The molecule has 0 aromatic heterocycles. The largest absolute Gasteiger partial charge is 0.497 e. The van der Waals surface area contributed by atoms with Crippen LogP contribution < -0.4 is 19.1 Å². The summed E-state index contributed by atoms with van der Waals surface area (Å²) < 4.78 is 40.1. The third kappa shape index (κ3) is 7.95. The molecule has 0 spiro atoms. The zero-order valence-corrected chi connectivity index (χ0v) is 26.3. The Bertz CT molecular complexity index is 1490. The summed E-state index contributed by atoms with van der Waals surface area (Å²) in [6.45, 7) is 7.18.